The molecule has 0 aliphatic carbocycles. The van der Waals surface area contributed by atoms with Crippen LogP contribution in [0.15, 0.2) is 6.07 Å². The minimum absolute atomic E-state index is 0.0888. The highest BCUT2D eigenvalue weighted by atomic mass is 32.1. The van der Waals surface area contributed by atoms with E-state index in [4.69, 9.17) is 12.2 Å². The molecule has 0 amide bonds. The molecule has 1 aliphatic rings. The van der Waals surface area contributed by atoms with Gasteiger partial charge in [-0.05, 0) is 58.2 Å². The maximum absolute atomic E-state index is 5.35. The van der Waals surface area contributed by atoms with Crippen LogP contribution >= 0.6 is 12.2 Å². The van der Waals surface area contributed by atoms with Crippen LogP contribution in [0.2, 0.25) is 0 Å². The molecule has 2 atom stereocenters. The van der Waals surface area contributed by atoms with Gasteiger partial charge >= 0.3 is 0 Å². The lowest BCUT2D eigenvalue weighted by Crippen LogP contribution is -2.43. The summed E-state index contributed by atoms with van der Waals surface area (Å²) in [5, 5.41) is 6.89. The summed E-state index contributed by atoms with van der Waals surface area (Å²) < 4.78 is 0. The third-order valence-corrected chi connectivity index (χ3v) is 3.95. The highest BCUT2D eigenvalue weighted by Crippen LogP contribution is 2.26. The standard InChI is InChI=1S/C17H29N5S/c1-11-7-12(2)10-22(9-11)14-8-13(3)18-15(19-14)20-16(23)21-17(4,5)6/h8,11-12H,7,9-10H2,1-6H3,(H2,18,19,20,21,23)/t11-,12-/m0/s1. The van der Waals surface area contributed by atoms with E-state index in [1.54, 1.807) is 0 Å². The van der Waals surface area contributed by atoms with Crippen LogP contribution < -0.4 is 15.5 Å². The van der Waals surface area contributed by atoms with Crippen molar-refractivity contribution in [1.29, 1.82) is 0 Å². The molecule has 0 unspecified atom stereocenters. The van der Waals surface area contributed by atoms with E-state index < -0.39 is 0 Å². The van der Waals surface area contributed by atoms with Crippen LogP contribution in [-0.4, -0.2) is 33.7 Å². The van der Waals surface area contributed by atoms with Crippen molar-refractivity contribution in [1.82, 2.24) is 15.3 Å². The van der Waals surface area contributed by atoms with E-state index in [2.05, 4.69) is 66.2 Å². The van der Waals surface area contributed by atoms with E-state index in [1.165, 1.54) is 6.42 Å². The lowest BCUT2D eigenvalue weighted by molar-refractivity contribution is 0.355. The summed E-state index contributed by atoms with van der Waals surface area (Å²) in [7, 11) is 0. The van der Waals surface area contributed by atoms with Gasteiger partial charge in [-0.15, -0.1) is 0 Å². The first kappa shape index (κ1) is 17.9. The van der Waals surface area contributed by atoms with Gasteiger partial charge in [0.05, 0.1) is 0 Å². The Bertz CT molecular complexity index is 557. The molecule has 1 saturated heterocycles. The van der Waals surface area contributed by atoms with Crippen molar-refractivity contribution in [2.45, 2.75) is 53.5 Å². The smallest absolute Gasteiger partial charge is 0.231 e. The van der Waals surface area contributed by atoms with E-state index in [0.29, 0.717) is 22.9 Å². The molecule has 2 N–H and O–H groups in total. The van der Waals surface area contributed by atoms with Crippen LogP contribution in [0.4, 0.5) is 11.8 Å². The van der Waals surface area contributed by atoms with E-state index in [1.807, 2.05) is 6.92 Å². The van der Waals surface area contributed by atoms with Crippen molar-refractivity contribution in [2.24, 2.45) is 11.8 Å². The molecule has 0 bridgehead atoms. The molecule has 0 aromatic carbocycles. The van der Waals surface area contributed by atoms with Gasteiger partial charge in [0.25, 0.3) is 0 Å². The summed E-state index contributed by atoms with van der Waals surface area (Å²) in [5.74, 6) is 2.92. The van der Waals surface area contributed by atoms with Crippen molar-refractivity contribution in [2.75, 3.05) is 23.3 Å². The molecule has 128 valence electrons. The van der Waals surface area contributed by atoms with Crippen molar-refractivity contribution < 1.29 is 0 Å². The third kappa shape index (κ3) is 5.61. The summed E-state index contributed by atoms with van der Waals surface area (Å²) >= 11 is 5.35. The second kappa shape index (κ2) is 6.99. The van der Waals surface area contributed by atoms with E-state index >= 15 is 0 Å². The molecule has 1 aliphatic heterocycles. The zero-order valence-electron chi connectivity index (χ0n) is 15.1. The molecule has 0 radical (unpaired) electrons. The molecule has 23 heavy (non-hydrogen) atoms. The number of anilines is 2. The topological polar surface area (TPSA) is 53.1 Å². The molecule has 0 saturated carbocycles. The Hall–Kier alpha value is -1.43. The fraction of sp³-hybridized carbons (Fsp3) is 0.706. The molecule has 1 aromatic rings. The van der Waals surface area contributed by atoms with Crippen molar-refractivity contribution in [3.63, 3.8) is 0 Å². The molecular weight excluding hydrogens is 306 g/mol. The fourth-order valence-electron chi connectivity index (χ4n) is 3.09. The second-order valence-corrected chi connectivity index (χ2v) is 8.28. The van der Waals surface area contributed by atoms with Gasteiger partial charge in [-0.1, -0.05) is 13.8 Å². The van der Waals surface area contributed by atoms with Gasteiger partial charge in [-0.3, -0.25) is 0 Å². The molecule has 1 aromatic heterocycles. The SMILES string of the molecule is Cc1cc(N2C[C@@H](C)C[C@H](C)C2)nc(NC(=S)NC(C)(C)C)n1. The highest BCUT2D eigenvalue weighted by molar-refractivity contribution is 7.80. The average molecular weight is 336 g/mol. The molecule has 2 rings (SSSR count). The fourth-order valence-corrected chi connectivity index (χ4v) is 3.49. The van der Waals surface area contributed by atoms with Gasteiger partial charge in [-0.2, -0.15) is 4.98 Å². The average Bonchev–Trinajstić information content (AvgIpc) is 2.34. The number of hydrogen-bond donors (Lipinski definition) is 2. The molecule has 6 heteroatoms. The van der Waals surface area contributed by atoms with Gasteiger partial charge in [0.15, 0.2) is 5.11 Å². The number of thiocarbonyl (C=S) groups is 1. The number of aromatic nitrogens is 2. The number of hydrogen-bond acceptors (Lipinski definition) is 4. The quantitative estimate of drug-likeness (QED) is 0.809. The minimum Gasteiger partial charge on any atom is -0.358 e. The summed E-state index contributed by atoms with van der Waals surface area (Å²) in [6.45, 7) is 14.9. The van der Waals surface area contributed by atoms with Gasteiger partial charge in [-0.25, -0.2) is 4.98 Å². The predicted octanol–water partition coefficient (Wildman–Crippen LogP) is 3.35. The van der Waals surface area contributed by atoms with Crippen LogP contribution in [0.1, 0.15) is 46.7 Å². The zero-order chi connectivity index (χ0) is 17.2. The number of nitrogens with zero attached hydrogens (tertiary/aromatic N) is 3. The van der Waals surface area contributed by atoms with Crippen molar-refractivity contribution >= 4 is 29.1 Å². The first-order valence-corrected chi connectivity index (χ1v) is 8.73. The van der Waals surface area contributed by atoms with Crippen LogP contribution in [0, 0.1) is 18.8 Å². The normalized spacial score (nSPS) is 21.9. The molecular formula is C17H29N5S. The third-order valence-electron chi connectivity index (χ3n) is 3.75. The van der Waals surface area contributed by atoms with E-state index in [9.17, 15) is 0 Å². The molecule has 0 spiro atoms. The molecule has 1 fully saturated rings. The predicted molar refractivity (Wildman–Crippen MR) is 101 cm³/mol. The van der Waals surface area contributed by atoms with Gasteiger partial charge in [0.2, 0.25) is 5.95 Å². The van der Waals surface area contributed by atoms with Crippen LogP contribution in [0.3, 0.4) is 0 Å². The first-order valence-electron chi connectivity index (χ1n) is 8.32. The maximum Gasteiger partial charge on any atom is 0.231 e. The van der Waals surface area contributed by atoms with Gasteiger partial charge in [0.1, 0.15) is 5.82 Å². The number of aryl methyl sites for hydroxylation is 1. The number of nitrogens with one attached hydrogen (secondary N) is 2. The van der Waals surface area contributed by atoms with Crippen LogP contribution in [0.25, 0.3) is 0 Å². The Balaban J connectivity index is 2.14. The van der Waals surface area contributed by atoms with Gasteiger partial charge < -0.3 is 15.5 Å². The highest BCUT2D eigenvalue weighted by Gasteiger charge is 2.23. The summed E-state index contributed by atoms with van der Waals surface area (Å²) in [5.41, 5.74) is 0.857. The monoisotopic (exact) mass is 335 g/mol. The van der Waals surface area contributed by atoms with E-state index in [-0.39, 0.29) is 5.54 Å². The Morgan fingerprint density at radius 2 is 1.83 bits per heavy atom. The Morgan fingerprint density at radius 1 is 1.22 bits per heavy atom. The lowest BCUT2D eigenvalue weighted by Gasteiger charge is -2.36. The molecule has 2 heterocycles. The number of rotatable bonds is 2. The summed E-state index contributed by atoms with van der Waals surface area (Å²) in [6.07, 6.45) is 1.28. The molecule has 5 nitrogen and oxygen atoms in total. The Labute approximate surface area is 145 Å². The Morgan fingerprint density at radius 3 is 2.39 bits per heavy atom. The second-order valence-electron chi connectivity index (χ2n) is 7.87. The van der Waals surface area contributed by atoms with Crippen LogP contribution in [-0.2, 0) is 0 Å². The van der Waals surface area contributed by atoms with E-state index in [0.717, 1.165) is 24.6 Å². The summed E-state index contributed by atoms with van der Waals surface area (Å²) in [4.78, 5) is 11.5. The van der Waals surface area contributed by atoms with Gasteiger partial charge in [0, 0.05) is 30.4 Å². The largest absolute Gasteiger partial charge is 0.358 e. The maximum atomic E-state index is 5.35. The minimum atomic E-state index is -0.0888. The number of piperidine rings is 1. The van der Waals surface area contributed by atoms with Crippen LogP contribution in [0.5, 0.6) is 0 Å². The van der Waals surface area contributed by atoms with Crippen molar-refractivity contribution in [3.05, 3.63) is 11.8 Å². The lowest BCUT2D eigenvalue weighted by atomic mass is 9.92. The summed E-state index contributed by atoms with van der Waals surface area (Å²) in [6, 6.07) is 2.05. The Kier molecular flexibility index (Phi) is 5.45. The first-order chi connectivity index (χ1) is 10.6. The zero-order valence-corrected chi connectivity index (χ0v) is 15.9. The van der Waals surface area contributed by atoms with Crippen molar-refractivity contribution in [3.8, 4) is 0 Å².